The number of hydrogen-bond acceptors (Lipinski definition) is 3. The second-order valence-corrected chi connectivity index (χ2v) is 10.5. The molecule has 0 atom stereocenters. The maximum Gasteiger partial charge on any atom is 0.155 e. The molecule has 0 aromatic heterocycles. The SMILES string of the molecule is c1cc2c3c(c1)Oc1cc(-c4ccc5c(c4)CC5)ccc1N3c1ccc(-c3ccc4c(c3)CC4)cc1O2. The molecule has 176 valence electrons. The summed E-state index contributed by atoms with van der Waals surface area (Å²) in [6.07, 6.45) is 4.76. The van der Waals surface area contributed by atoms with Crippen molar-refractivity contribution in [2.45, 2.75) is 25.7 Å². The van der Waals surface area contributed by atoms with E-state index in [1.807, 2.05) is 18.2 Å². The lowest BCUT2D eigenvalue weighted by Gasteiger charge is -2.38. The number of anilines is 3. The first-order valence-corrected chi connectivity index (χ1v) is 13.1. The highest BCUT2D eigenvalue weighted by molar-refractivity contribution is 5.95. The van der Waals surface area contributed by atoms with E-state index in [-0.39, 0.29) is 0 Å². The number of hydrogen-bond donors (Lipinski definition) is 0. The predicted octanol–water partition coefficient (Wildman–Crippen LogP) is 8.90. The number of rotatable bonds is 2. The van der Waals surface area contributed by atoms with Crippen molar-refractivity contribution in [2.24, 2.45) is 0 Å². The van der Waals surface area contributed by atoms with Gasteiger partial charge in [-0.1, -0.05) is 54.6 Å². The minimum atomic E-state index is 0.816. The molecule has 3 nitrogen and oxygen atoms in total. The Bertz CT molecular complexity index is 1670. The maximum absolute atomic E-state index is 6.47. The van der Waals surface area contributed by atoms with E-state index in [0.717, 1.165) is 40.1 Å². The molecule has 0 spiro atoms. The second-order valence-electron chi connectivity index (χ2n) is 10.5. The van der Waals surface area contributed by atoms with Crippen LogP contribution in [0.2, 0.25) is 0 Å². The molecule has 0 saturated carbocycles. The predicted molar refractivity (Wildman–Crippen MR) is 147 cm³/mol. The average Bonchev–Trinajstić information content (AvgIpc) is 2.89. The van der Waals surface area contributed by atoms with Crippen molar-refractivity contribution in [3.05, 3.63) is 113 Å². The van der Waals surface area contributed by atoms with Gasteiger partial charge in [0, 0.05) is 0 Å². The third kappa shape index (κ3) is 2.77. The van der Waals surface area contributed by atoms with Gasteiger partial charge in [-0.25, -0.2) is 0 Å². The molecule has 4 aliphatic rings. The van der Waals surface area contributed by atoms with Gasteiger partial charge in [0.15, 0.2) is 23.0 Å². The fourth-order valence-electron chi connectivity index (χ4n) is 6.16. The molecule has 9 rings (SSSR count). The Morgan fingerprint density at radius 1 is 0.432 bits per heavy atom. The fraction of sp³-hybridized carbons (Fsp3) is 0.118. The summed E-state index contributed by atoms with van der Waals surface area (Å²) in [5.74, 6) is 3.36. The highest BCUT2D eigenvalue weighted by atomic mass is 16.5. The fourth-order valence-corrected chi connectivity index (χ4v) is 6.16. The average molecular weight is 478 g/mol. The number of benzene rings is 5. The van der Waals surface area contributed by atoms with Crippen molar-refractivity contribution in [3.63, 3.8) is 0 Å². The molecule has 2 aliphatic heterocycles. The Morgan fingerprint density at radius 2 is 0.892 bits per heavy atom. The Labute approximate surface area is 215 Å². The molecule has 2 aliphatic carbocycles. The summed E-state index contributed by atoms with van der Waals surface area (Å²) in [5, 5.41) is 0. The van der Waals surface area contributed by atoms with Gasteiger partial charge < -0.3 is 9.47 Å². The van der Waals surface area contributed by atoms with Crippen LogP contribution in [-0.4, -0.2) is 0 Å². The molecule has 0 bridgehead atoms. The van der Waals surface area contributed by atoms with E-state index in [1.165, 1.54) is 70.2 Å². The van der Waals surface area contributed by atoms with Crippen LogP contribution in [0.4, 0.5) is 17.1 Å². The van der Waals surface area contributed by atoms with E-state index in [4.69, 9.17) is 9.47 Å². The molecule has 0 radical (unpaired) electrons. The monoisotopic (exact) mass is 477 g/mol. The molecule has 0 saturated heterocycles. The summed E-state index contributed by atoms with van der Waals surface area (Å²) in [4.78, 5) is 2.30. The number of aryl methyl sites for hydroxylation is 4. The molecular weight excluding hydrogens is 454 g/mol. The lowest BCUT2D eigenvalue weighted by molar-refractivity contribution is 0.446. The van der Waals surface area contributed by atoms with E-state index < -0.39 is 0 Å². The van der Waals surface area contributed by atoms with Gasteiger partial charge in [0.25, 0.3) is 0 Å². The van der Waals surface area contributed by atoms with Crippen LogP contribution in [-0.2, 0) is 25.7 Å². The minimum absolute atomic E-state index is 0.816. The summed E-state index contributed by atoms with van der Waals surface area (Å²) in [5.41, 5.74) is 13.8. The Balaban J connectivity index is 1.17. The van der Waals surface area contributed by atoms with Crippen molar-refractivity contribution in [1.29, 1.82) is 0 Å². The molecule has 2 heterocycles. The van der Waals surface area contributed by atoms with E-state index in [0.29, 0.717) is 0 Å². The van der Waals surface area contributed by atoms with Crippen LogP contribution in [0.25, 0.3) is 22.3 Å². The summed E-state index contributed by atoms with van der Waals surface area (Å²) in [6.45, 7) is 0. The molecule has 5 aromatic carbocycles. The molecule has 0 fully saturated rings. The van der Waals surface area contributed by atoms with Gasteiger partial charge in [0.05, 0.1) is 11.4 Å². The van der Waals surface area contributed by atoms with Crippen molar-refractivity contribution in [2.75, 3.05) is 4.90 Å². The molecule has 0 N–H and O–H groups in total. The zero-order valence-corrected chi connectivity index (χ0v) is 20.3. The van der Waals surface area contributed by atoms with Crippen LogP contribution in [0.3, 0.4) is 0 Å². The second kappa shape index (κ2) is 7.04. The first kappa shape index (κ1) is 19.7. The summed E-state index contributed by atoms with van der Waals surface area (Å²) < 4.78 is 12.9. The third-order valence-corrected chi connectivity index (χ3v) is 8.43. The maximum atomic E-state index is 6.47. The smallest absolute Gasteiger partial charge is 0.155 e. The molecule has 5 aromatic rings. The summed E-state index contributed by atoms with van der Waals surface area (Å²) >= 11 is 0. The minimum Gasteiger partial charge on any atom is -0.453 e. The van der Waals surface area contributed by atoms with Gasteiger partial charge in [-0.3, -0.25) is 4.90 Å². The standard InChI is InChI=1S/C34H23NO2/c1-2-30-34-31(3-1)37-33-19-27(25-11-7-21-5-9-23(21)17-25)13-15-29(33)35(34)28-14-12-26(18-32(28)36-30)24-10-6-20-4-8-22(20)16-24/h1-3,6-7,10-19H,4-5,8-9H2. The zero-order chi connectivity index (χ0) is 24.1. The van der Waals surface area contributed by atoms with Gasteiger partial charge >= 0.3 is 0 Å². The number of ether oxygens (including phenoxy) is 2. The number of para-hydroxylation sites is 1. The molecule has 0 unspecified atom stereocenters. The van der Waals surface area contributed by atoms with Crippen LogP contribution >= 0.6 is 0 Å². The van der Waals surface area contributed by atoms with Gasteiger partial charge in [0.1, 0.15) is 5.69 Å². The molecule has 37 heavy (non-hydrogen) atoms. The van der Waals surface area contributed by atoms with E-state index in [9.17, 15) is 0 Å². The normalized spacial score (nSPS) is 15.0. The van der Waals surface area contributed by atoms with Crippen LogP contribution in [0.5, 0.6) is 23.0 Å². The van der Waals surface area contributed by atoms with Crippen LogP contribution in [0, 0.1) is 0 Å². The van der Waals surface area contributed by atoms with Gasteiger partial charge in [0.2, 0.25) is 0 Å². The van der Waals surface area contributed by atoms with Gasteiger partial charge in [-0.15, -0.1) is 0 Å². The van der Waals surface area contributed by atoms with Crippen LogP contribution < -0.4 is 14.4 Å². The van der Waals surface area contributed by atoms with E-state index >= 15 is 0 Å². The van der Waals surface area contributed by atoms with Crippen molar-refractivity contribution in [1.82, 2.24) is 0 Å². The van der Waals surface area contributed by atoms with E-state index in [2.05, 4.69) is 77.7 Å². The summed E-state index contributed by atoms with van der Waals surface area (Å²) in [7, 11) is 0. The van der Waals surface area contributed by atoms with Crippen molar-refractivity contribution in [3.8, 4) is 45.3 Å². The number of fused-ring (bicyclic) bond motifs is 6. The highest BCUT2D eigenvalue weighted by Gasteiger charge is 2.34. The Kier molecular flexibility index (Phi) is 3.74. The lowest BCUT2D eigenvalue weighted by atomic mass is 9.86. The number of nitrogens with zero attached hydrogens (tertiary/aromatic N) is 1. The quantitative estimate of drug-likeness (QED) is 0.248. The Morgan fingerprint density at radius 3 is 1.35 bits per heavy atom. The molecular formula is C34H23NO2. The van der Waals surface area contributed by atoms with E-state index in [1.54, 1.807) is 0 Å². The molecule has 0 amide bonds. The highest BCUT2D eigenvalue weighted by Crippen LogP contribution is 2.60. The van der Waals surface area contributed by atoms with Crippen molar-refractivity contribution >= 4 is 17.1 Å². The summed E-state index contributed by atoms with van der Waals surface area (Å²) in [6, 6.07) is 32.9. The first-order chi connectivity index (χ1) is 18.3. The molecule has 3 heteroatoms. The zero-order valence-electron chi connectivity index (χ0n) is 20.3. The van der Waals surface area contributed by atoms with Gasteiger partial charge in [-0.2, -0.15) is 0 Å². The van der Waals surface area contributed by atoms with Crippen LogP contribution in [0.15, 0.2) is 91.0 Å². The van der Waals surface area contributed by atoms with Crippen molar-refractivity contribution < 1.29 is 9.47 Å². The largest absolute Gasteiger partial charge is 0.453 e. The topological polar surface area (TPSA) is 21.7 Å². The van der Waals surface area contributed by atoms with Crippen LogP contribution in [0.1, 0.15) is 22.3 Å². The Hall–Kier alpha value is -4.50. The lowest BCUT2D eigenvalue weighted by Crippen LogP contribution is -2.20. The third-order valence-electron chi connectivity index (χ3n) is 8.43. The first-order valence-electron chi connectivity index (χ1n) is 13.1. The van der Waals surface area contributed by atoms with Gasteiger partial charge in [-0.05, 0) is 107 Å².